The van der Waals surface area contributed by atoms with Crippen molar-refractivity contribution >= 4 is 11.8 Å². The highest BCUT2D eigenvalue weighted by molar-refractivity contribution is 5.88. The number of anilines is 1. The molecule has 8 heteroatoms. The number of carbonyl (C=O) groups is 1. The third kappa shape index (κ3) is 4.07. The zero-order chi connectivity index (χ0) is 17.8. The minimum atomic E-state index is -0.190. The molecular formula is C17H24N6O2. The van der Waals surface area contributed by atoms with E-state index in [1.54, 1.807) is 11.0 Å². The normalized spacial score (nSPS) is 13.7. The molecule has 0 radical (unpaired) electrons. The lowest BCUT2D eigenvalue weighted by molar-refractivity contribution is 0.205. The molecule has 25 heavy (non-hydrogen) atoms. The zero-order valence-electron chi connectivity index (χ0n) is 14.9. The maximum atomic E-state index is 12.5. The first kappa shape index (κ1) is 17.2. The second-order valence-electron chi connectivity index (χ2n) is 6.47. The van der Waals surface area contributed by atoms with Gasteiger partial charge in [0.05, 0.1) is 25.2 Å². The first-order valence-corrected chi connectivity index (χ1v) is 8.60. The number of nitrogens with one attached hydrogen (secondary N) is 1. The van der Waals surface area contributed by atoms with E-state index in [1.807, 2.05) is 6.33 Å². The maximum absolute atomic E-state index is 12.5. The van der Waals surface area contributed by atoms with Gasteiger partial charge in [-0.2, -0.15) is 0 Å². The molecule has 1 aliphatic rings. The van der Waals surface area contributed by atoms with Crippen LogP contribution < -0.4 is 10.1 Å². The number of amides is 2. The van der Waals surface area contributed by atoms with Gasteiger partial charge >= 0.3 is 6.03 Å². The fraction of sp³-hybridized carbons (Fsp3) is 0.529. The molecule has 8 nitrogen and oxygen atoms in total. The summed E-state index contributed by atoms with van der Waals surface area (Å²) in [5.74, 6) is 1.30. The van der Waals surface area contributed by atoms with Crippen LogP contribution in [0.5, 0.6) is 5.88 Å². The second kappa shape index (κ2) is 7.50. The van der Waals surface area contributed by atoms with Gasteiger partial charge in [0, 0.05) is 31.3 Å². The van der Waals surface area contributed by atoms with E-state index < -0.39 is 0 Å². The topological polar surface area (TPSA) is 85.2 Å². The quantitative estimate of drug-likeness (QED) is 0.900. The van der Waals surface area contributed by atoms with Crippen LogP contribution in [0.15, 0.2) is 18.7 Å². The van der Waals surface area contributed by atoms with Crippen LogP contribution in [0.3, 0.4) is 0 Å². The van der Waals surface area contributed by atoms with Crippen molar-refractivity contribution in [1.82, 2.24) is 24.4 Å². The first-order valence-electron chi connectivity index (χ1n) is 8.60. The standard InChI is InChI=1S/C17H24N6O2/c1-4-22-11-20-13-8-23(6-5-14(13)22)17(24)21-15-7-16(19-10-18-15)25-9-12(2)3/h7,10-12H,4-6,8-9H2,1-3H3,(H,18,19,21,24). The number of hydrogen-bond acceptors (Lipinski definition) is 5. The molecule has 1 aliphatic heterocycles. The summed E-state index contributed by atoms with van der Waals surface area (Å²) in [5.41, 5.74) is 2.19. The molecular weight excluding hydrogens is 320 g/mol. The lowest BCUT2D eigenvalue weighted by atomic mass is 10.1. The van der Waals surface area contributed by atoms with Gasteiger partial charge in [0.15, 0.2) is 0 Å². The van der Waals surface area contributed by atoms with Gasteiger partial charge < -0.3 is 14.2 Å². The Bertz CT molecular complexity index is 742. The number of fused-ring (bicyclic) bond motifs is 1. The van der Waals surface area contributed by atoms with Gasteiger partial charge in [-0.1, -0.05) is 13.8 Å². The number of nitrogens with zero attached hydrogens (tertiary/aromatic N) is 5. The molecule has 0 atom stereocenters. The van der Waals surface area contributed by atoms with Crippen LogP contribution in [0, 0.1) is 5.92 Å². The summed E-state index contributed by atoms with van der Waals surface area (Å²) in [6.07, 6.45) is 4.04. The molecule has 0 aliphatic carbocycles. The highest BCUT2D eigenvalue weighted by Gasteiger charge is 2.24. The average Bonchev–Trinajstić information content (AvgIpc) is 3.02. The number of hydrogen-bond donors (Lipinski definition) is 1. The SMILES string of the molecule is CCn1cnc2c1CCN(C(=O)Nc1cc(OCC(C)C)ncn1)C2. The molecule has 0 spiro atoms. The summed E-state index contributed by atoms with van der Waals surface area (Å²) in [6, 6.07) is 1.45. The van der Waals surface area contributed by atoms with Crippen LogP contribution in [-0.2, 0) is 19.5 Å². The molecule has 3 rings (SSSR count). The minimum absolute atomic E-state index is 0.190. The summed E-state index contributed by atoms with van der Waals surface area (Å²) in [4.78, 5) is 26.8. The van der Waals surface area contributed by atoms with Gasteiger partial charge in [0.1, 0.15) is 12.1 Å². The van der Waals surface area contributed by atoms with Gasteiger partial charge in [0.25, 0.3) is 0 Å². The Morgan fingerprint density at radius 1 is 1.36 bits per heavy atom. The number of aromatic nitrogens is 4. The molecule has 2 aromatic heterocycles. The average molecular weight is 344 g/mol. The van der Waals surface area contributed by atoms with Gasteiger partial charge in [-0.05, 0) is 12.8 Å². The Kier molecular flexibility index (Phi) is 5.16. The van der Waals surface area contributed by atoms with Crippen molar-refractivity contribution in [2.75, 3.05) is 18.5 Å². The molecule has 3 heterocycles. The second-order valence-corrected chi connectivity index (χ2v) is 6.47. The van der Waals surface area contributed by atoms with E-state index in [1.165, 1.54) is 12.0 Å². The van der Waals surface area contributed by atoms with Crippen molar-refractivity contribution in [3.8, 4) is 5.88 Å². The van der Waals surface area contributed by atoms with E-state index in [0.29, 0.717) is 37.3 Å². The van der Waals surface area contributed by atoms with Gasteiger partial charge in [-0.15, -0.1) is 0 Å². The maximum Gasteiger partial charge on any atom is 0.323 e. The van der Waals surface area contributed by atoms with E-state index in [0.717, 1.165) is 18.7 Å². The van der Waals surface area contributed by atoms with Crippen LogP contribution >= 0.6 is 0 Å². The third-order valence-corrected chi connectivity index (χ3v) is 4.06. The number of rotatable bonds is 5. The van der Waals surface area contributed by atoms with Gasteiger partial charge in [-0.3, -0.25) is 5.32 Å². The molecule has 0 unspecified atom stereocenters. The highest BCUT2D eigenvalue weighted by Crippen LogP contribution is 2.19. The van der Waals surface area contributed by atoms with Crippen LogP contribution in [0.4, 0.5) is 10.6 Å². The number of urea groups is 1. The molecule has 0 bridgehead atoms. The Balaban J connectivity index is 1.62. The van der Waals surface area contributed by atoms with Gasteiger partial charge in [0.2, 0.25) is 5.88 Å². The van der Waals surface area contributed by atoms with Crippen LogP contribution in [0.2, 0.25) is 0 Å². The number of ether oxygens (including phenoxy) is 1. The Morgan fingerprint density at radius 3 is 2.96 bits per heavy atom. The summed E-state index contributed by atoms with van der Waals surface area (Å²) >= 11 is 0. The van der Waals surface area contributed by atoms with Crippen molar-refractivity contribution in [2.45, 2.75) is 40.3 Å². The van der Waals surface area contributed by atoms with Crippen LogP contribution in [0.1, 0.15) is 32.2 Å². The first-order chi connectivity index (χ1) is 12.1. The van der Waals surface area contributed by atoms with Crippen LogP contribution in [0.25, 0.3) is 0 Å². The van der Waals surface area contributed by atoms with E-state index in [2.05, 4.69) is 45.6 Å². The third-order valence-electron chi connectivity index (χ3n) is 4.06. The number of carbonyl (C=O) groups excluding carboxylic acids is 1. The van der Waals surface area contributed by atoms with Crippen molar-refractivity contribution in [3.63, 3.8) is 0 Å². The Labute approximate surface area is 147 Å². The Hall–Kier alpha value is -2.64. The summed E-state index contributed by atoms with van der Waals surface area (Å²) in [6.45, 7) is 8.86. The fourth-order valence-corrected chi connectivity index (χ4v) is 2.74. The molecule has 1 N–H and O–H groups in total. The van der Waals surface area contributed by atoms with Crippen molar-refractivity contribution in [3.05, 3.63) is 30.1 Å². The number of aryl methyl sites for hydroxylation is 1. The fourth-order valence-electron chi connectivity index (χ4n) is 2.74. The number of imidazole rings is 1. The largest absolute Gasteiger partial charge is 0.477 e. The van der Waals surface area contributed by atoms with Crippen molar-refractivity contribution in [1.29, 1.82) is 0 Å². The molecule has 0 saturated carbocycles. The Morgan fingerprint density at radius 2 is 2.20 bits per heavy atom. The molecule has 0 fully saturated rings. The van der Waals surface area contributed by atoms with Crippen molar-refractivity contribution in [2.24, 2.45) is 5.92 Å². The molecule has 2 amide bonds. The molecule has 0 aromatic carbocycles. The minimum Gasteiger partial charge on any atom is -0.477 e. The van der Waals surface area contributed by atoms with E-state index in [-0.39, 0.29) is 6.03 Å². The summed E-state index contributed by atoms with van der Waals surface area (Å²) < 4.78 is 7.70. The predicted octanol–water partition coefficient (Wildman–Crippen LogP) is 2.32. The lowest BCUT2D eigenvalue weighted by Crippen LogP contribution is -2.39. The summed E-state index contributed by atoms with van der Waals surface area (Å²) in [5, 5.41) is 2.81. The van der Waals surface area contributed by atoms with E-state index >= 15 is 0 Å². The monoisotopic (exact) mass is 344 g/mol. The van der Waals surface area contributed by atoms with E-state index in [9.17, 15) is 4.79 Å². The molecule has 0 saturated heterocycles. The van der Waals surface area contributed by atoms with Crippen molar-refractivity contribution < 1.29 is 9.53 Å². The predicted molar refractivity (Wildman–Crippen MR) is 93.4 cm³/mol. The van der Waals surface area contributed by atoms with Gasteiger partial charge in [-0.25, -0.2) is 19.7 Å². The van der Waals surface area contributed by atoms with Crippen LogP contribution in [-0.4, -0.2) is 43.6 Å². The summed E-state index contributed by atoms with van der Waals surface area (Å²) in [7, 11) is 0. The molecule has 2 aromatic rings. The molecule has 134 valence electrons. The lowest BCUT2D eigenvalue weighted by Gasteiger charge is -2.27. The smallest absolute Gasteiger partial charge is 0.323 e. The highest BCUT2D eigenvalue weighted by atomic mass is 16.5. The zero-order valence-corrected chi connectivity index (χ0v) is 14.9. The van der Waals surface area contributed by atoms with E-state index in [4.69, 9.17) is 4.74 Å².